The van der Waals surface area contributed by atoms with Crippen molar-refractivity contribution in [2.45, 2.75) is 19.8 Å². The third-order valence-corrected chi connectivity index (χ3v) is 2.90. The molecule has 0 heterocycles. The van der Waals surface area contributed by atoms with Crippen molar-refractivity contribution in [1.29, 1.82) is 0 Å². The fraction of sp³-hybridized carbons (Fsp3) is 0.188. The third kappa shape index (κ3) is 3.91. The van der Waals surface area contributed by atoms with Crippen molar-refractivity contribution in [3.05, 3.63) is 65.5 Å². The minimum absolute atomic E-state index is 0.144. The maximum atomic E-state index is 13.0. The molecule has 1 amide bonds. The lowest BCUT2D eigenvalue weighted by Gasteiger charge is -2.06. The molecular formula is C16H16FNO. The first kappa shape index (κ1) is 13.3. The van der Waals surface area contributed by atoms with Crippen LogP contribution in [0.1, 0.15) is 18.1 Å². The van der Waals surface area contributed by atoms with Gasteiger partial charge in [0.1, 0.15) is 5.82 Å². The number of hydrogen-bond donors (Lipinski definition) is 1. The fourth-order valence-electron chi connectivity index (χ4n) is 1.85. The average molecular weight is 257 g/mol. The smallest absolute Gasteiger partial charge is 0.228 e. The molecule has 0 aromatic heterocycles. The third-order valence-electron chi connectivity index (χ3n) is 2.90. The van der Waals surface area contributed by atoms with Gasteiger partial charge in [0.25, 0.3) is 0 Å². The highest BCUT2D eigenvalue weighted by atomic mass is 19.1. The summed E-state index contributed by atoms with van der Waals surface area (Å²) in [6.45, 7) is 2.09. The number of hydrogen-bond acceptors (Lipinski definition) is 1. The van der Waals surface area contributed by atoms with E-state index < -0.39 is 0 Å². The Morgan fingerprint density at radius 1 is 1.11 bits per heavy atom. The minimum atomic E-state index is -0.356. The lowest BCUT2D eigenvalue weighted by atomic mass is 10.1. The van der Waals surface area contributed by atoms with Crippen molar-refractivity contribution in [2.75, 3.05) is 5.32 Å². The maximum Gasteiger partial charge on any atom is 0.228 e. The number of halogens is 1. The van der Waals surface area contributed by atoms with Gasteiger partial charge in [-0.1, -0.05) is 37.3 Å². The van der Waals surface area contributed by atoms with Crippen LogP contribution < -0.4 is 5.32 Å². The van der Waals surface area contributed by atoms with Crippen LogP contribution >= 0.6 is 0 Å². The Hall–Kier alpha value is -2.16. The van der Waals surface area contributed by atoms with Crippen LogP contribution in [0.15, 0.2) is 48.5 Å². The Labute approximate surface area is 112 Å². The molecule has 0 radical (unpaired) electrons. The number of benzene rings is 2. The summed E-state index contributed by atoms with van der Waals surface area (Å²) in [5.74, 6) is -0.500. The summed E-state index contributed by atoms with van der Waals surface area (Å²) in [5, 5.41) is 2.68. The van der Waals surface area contributed by atoms with E-state index in [-0.39, 0.29) is 11.7 Å². The SMILES string of the molecule is CCc1ccc(CC(=O)Nc2cccc(F)c2)cc1. The summed E-state index contributed by atoms with van der Waals surface area (Å²) < 4.78 is 13.0. The van der Waals surface area contributed by atoms with Gasteiger partial charge in [-0.05, 0) is 35.7 Å². The molecule has 0 aliphatic heterocycles. The molecule has 3 heteroatoms. The van der Waals surface area contributed by atoms with E-state index in [9.17, 15) is 9.18 Å². The Morgan fingerprint density at radius 2 is 1.79 bits per heavy atom. The number of carbonyl (C=O) groups is 1. The first-order valence-corrected chi connectivity index (χ1v) is 6.30. The van der Waals surface area contributed by atoms with E-state index in [1.165, 1.54) is 17.7 Å². The normalized spacial score (nSPS) is 10.2. The van der Waals surface area contributed by atoms with E-state index >= 15 is 0 Å². The van der Waals surface area contributed by atoms with Crippen LogP contribution in [0, 0.1) is 5.82 Å². The largest absolute Gasteiger partial charge is 0.326 e. The van der Waals surface area contributed by atoms with Crippen LogP contribution in [0.5, 0.6) is 0 Å². The highest BCUT2D eigenvalue weighted by molar-refractivity contribution is 5.92. The second kappa shape index (κ2) is 6.14. The van der Waals surface area contributed by atoms with Gasteiger partial charge in [-0.25, -0.2) is 4.39 Å². The van der Waals surface area contributed by atoms with Crippen molar-refractivity contribution in [3.8, 4) is 0 Å². The van der Waals surface area contributed by atoms with Crippen molar-refractivity contribution < 1.29 is 9.18 Å². The molecule has 0 aliphatic carbocycles. The van der Waals surface area contributed by atoms with Crippen LogP contribution in [0.4, 0.5) is 10.1 Å². The number of anilines is 1. The van der Waals surface area contributed by atoms with Gasteiger partial charge in [-0.3, -0.25) is 4.79 Å². The zero-order valence-corrected chi connectivity index (χ0v) is 10.8. The summed E-state index contributed by atoms with van der Waals surface area (Å²) in [7, 11) is 0. The van der Waals surface area contributed by atoms with Crippen LogP contribution in [-0.4, -0.2) is 5.91 Å². The van der Waals surface area contributed by atoms with Gasteiger partial charge in [-0.15, -0.1) is 0 Å². The summed E-state index contributed by atoms with van der Waals surface area (Å²) >= 11 is 0. The molecule has 0 spiro atoms. The molecule has 0 aliphatic rings. The molecule has 0 bridgehead atoms. The van der Waals surface area contributed by atoms with Crippen LogP contribution in [0.25, 0.3) is 0 Å². The lowest BCUT2D eigenvalue weighted by Crippen LogP contribution is -2.14. The van der Waals surface area contributed by atoms with Gasteiger partial charge in [0.05, 0.1) is 6.42 Å². The summed E-state index contributed by atoms with van der Waals surface area (Å²) in [5.41, 5.74) is 2.68. The highest BCUT2D eigenvalue weighted by Crippen LogP contribution is 2.11. The molecule has 0 atom stereocenters. The number of nitrogens with one attached hydrogen (secondary N) is 1. The van der Waals surface area contributed by atoms with Gasteiger partial charge < -0.3 is 5.32 Å². The first-order valence-electron chi connectivity index (χ1n) is 6.30. The Morgan fingerprint density at radius 3 is 2.42 bits per heavy atom. The van der Waals surface area contributed by atoms with Crippen molar-refractivity contribution in [3.63, 3.8) is 0 Å². The molecule has 19 heavy (non-hydrogen) atoms. The molecule has 0 unspecified atom stereocenters. The van der Waals surface area contributed by atoms with E-state index in [0.29, 0.717) is 12.1 Å². The van der Waals surface area contributed by atoms with E-state index in [2.05, 4.69) is 12.2 Å². The molecular weight excluding hydrogens is 241 g/mol. The standard InChI is InChI=1S/C16H16FNO/c1-2-12-6-8-13(9-7-12)10-16(19)18-15-5-3-4-14(17)11-15/h3-9,11H,2,10H2,1H3,(H,18,19). The second-order valence-electron chi connectivity index (χ2n) is 4.41. The topological polar surface area (TPSA) is 29.1 Å². The van der Waals surface area contributed by atoms with E-state index in [1.807, 2.05) is 24.3 Å². The quantitative estimate of drug-likeness (QED) is 0.891. The average Bonchev–Trinajstić information content (AvgIpc) is 2.39. The van der Waals surface area contributed by atoms with E-state index in [4.69, 9.17) is 0 Å². The highest BCUT2D eigenvalue weighted by Gasteiger charge is 2.04. The molecule has 2 nitrogen and oxygen atoms in total. The Balaban J connectivity index is 1.97. The molecule has 0 saturated carbocycles. The second-order valence-corrected chi connectivity index (χ2v) is 4.41. The first-order chi connectivity index (χ1) is 9.17. The Kier molecular flexibility index (Phi) is 4.29. The minimum Gasteiger partial charge on any atom is -0.326 e. The molecule has 2 rings (SSSR count). The fourth-order valence-corrected chi connectivity index (χ4v) is 1.85. The number of rotatable bonds is 4. The lowest BCUT2D eigenvalue weighted by molar-refractivity contribution is -0.115. The van der Waals surface area contributed by atoms with Crippen LogP contribution in [-0.2, 0) is 17.6 Å². The monoisotopic (exact) mass is 257 g/mol. The van der Waals surface area contributed by atoms with Crippen molar-refractivity contribution in [1.82, 2.24) is 0 Å². The van der Waals surface area contributed by atoms with Crippen LogP contribution in [0.2, 0.25) is 0 Å². The van der Waals surface area contributed by atoms with E-state index in [0.717, 1.165) is 12.0 Å². The number of amides is 1. The van der Waals surface area contributed by atoms with Crippen molar-refractivity contribution >= 4 is 11.6 Å². The predicted molar refractivity (Wildman–Crippen MR) is 74.6 cm³/mol. The summed E-state index contributed by atoms with van der Waals surface area (Å²) in [4.78, 5) is 11.8. The zero-order valence-electron chi connectivity index (χ0n) is 10.8. The van der Waals surface area contributed by atoms with Gasteiger partial charge in [0.2, 0.25) is 5.91 Å². The van der Waals surface area contributed by atoms with Gasteiger partial charge in [-0.2, -0.15) is 0 Å². The van der Waals surface area contributed by atoms with E-state index in [1.54, 1.807) is 12.1 Å². The molecule has 2 aromatic carbocycles. The molecule has 0 saturated heterocycles. The predicted octanol–water partition coefficient (Wildman–Crippen LogP) is 3.57. The summed E-state index contributed by atoms with van der Waals surface area (Å²) in [6, 6.07) is 13.8. The summed E-state index contributed by atoms with van der Waals surface area (Å²) in [6.07, 6.45) is 1.27. The number of carbonyl (C=O) groups excluding carboxylic acids is 1. The molecule has 0 fully saturated rings. The number of aryl methyl sites for hydroxylation is 1. The molecule has 2 aromatic rings. The van der Waals surface area contributed by atoms with Gasteiger partial charge in [0.15, 0.2) is 0 Å². The molecule has 1 N–H and O–H groups in total. The Bertz CT molecular complexity index is 563. The van der Waals surface area contributed by atoms with Crippen molar-refractivity contribution in [2.24, 2.45) is 0 Å². The zero-order chi connectivity index (χ0) is 13.7. The van der Waals surface area contributed by atoms with Gasteiger partial charge >= 0.3 is 0 Å². The maximum absolute atomic E-state index is 13.0. The van der Waals surface area contributed by atoms with Gasteiger partial charge in [0, 0.05) is 5.69 Å². The van der Waals surface area contributed by atoms with Crippen LogP contribution in [0.3, 0.4) is 0 Å². The molecule has 98 valence electrons.